The molecule has 0 aliphatic carbocycles. The molecule has 0 aliphatic heterocycles. The number of hydrogen-bond acceptors (Lipinski definition) is 2. The Kier molecular flexibility index (Phi) is 4.46. The minimum Gasteiger partial charge on any atom is -0.489 e. The van der Waals surface area contributed by atoms with E-state index in [1.807, 2.05) is 36.4 Å². The number of hydrogen-bond donors (Lipinski definition) is 1. The lowest BCUT2D eigenvalue weighted by Crippen LogP contribution is -2.10. The van der Waals surface area contributed by atoms with Gasteiger partial charge < -0.3 is 9.84 Å². The molecule has 0 spiro atoms. The highest BCUT2D eigenvalue weighted by atomic mass is 16.5. The molecule has 0 amide bonds. The molecule has 0 bridgehead atoms. The summed E-state index contributed by atoms with van der Waals surface area (Å²) in [6.07, 6.45) is 0. The van der Waals surface area contributed by atoms with Crippen molar-refractivity contribution < 1.29 is 9.84 Å². The Morgan fingerprint density at radius 2 is 1.60 bits per heavy atom. The van der Waals surface area contributed by atoms with E-state index in [-0.39, 0.29) is 12.0 Å². The predicted octanol–water partition coefficient (Wildman–Crippen LogP) is 4.06. The third-order valence-electron chi connectivity index (χ3n) is 3.31. The maximum absolute atomic E-state index is 9.01. The van der Waals surface area contributed by atoms with Gasteiger partial charge in [0.15, 0.2) is 0 Å². The molecule has 0 fully saturated rings. The van der Waals surface area contributed by atoms with Gasteiger partial charge in [-0.2, -0.15) is 0 Å². The molecular weight excluding hydrogens is 248 g/mol. The number of benzene rings is 2. The van der Waals surface area contributed by atoms with Crippen molar-refractivity contribution in [3.8, 4) is 5.75 Å². The van der Waals surface area contributed by atoms with Crippen molar-refractivity contribution in [1.29, 1.82) is 0 Å². The smallest absolute Gasteiger partial charge is 0.120 e. The van der Waals surface area contributed by atoms with Crippen LogP contribution in [0, 0.1) is 0 Å². The number of aliphatic hydroxyl groups excluding tert-OH is 1. The Morgan fingerprint density at radius 1 is 0.950 bits per heavy atom. The van der Waals surface area contributed by atoms with E-state index in [4.69, 9.17) is 9.84 Å². The van der Waals surface area contributed by atoms with Crippen LogP contribution in [0.2, 0.25) is 0 Å². The van der Waals surface area contributed by atoms with Crippen molar-refractivity contribution in [1.82, 2.24) is 0 Å². The van der Waals surface area contributed by atoms with Crippen LogP contribution in [0.3, 0.4) is 0 Å². The minimum atomic E-state index is 0.0781. The maximum atomic E-state index is 9.01. The van der Waals surface area contributed by atoms with Gasteiger partial charge in [0.25, 0.3) is 0 Å². The molecule has 0 aliphatic rings. The van der Waals surface area contributed by atoms with Crippen LogP contribution in [-0.2, 0) is 18.6 Å². The molecule has 0 unspecified atom stereocenters. The normalized spacial score (nSPS) is 11.4. The third-order valence-corrected chi connectivity index (χ3v) is 3.31. The van der Waals surface area contributed by atoms with E-state index in [9.17, 15) is 0 Å². The van der Waals surface area contributed by atoms with Crippen LogP contribution in [0.5, 0.6) is 5.75 Å². The highest BCUT2D eigenvalue weighted by Crippen LogP contribution is 2.26. The van der Waals surface area contributed by atoms with Crippen LogP contribution in [0.25, 0.3) is 0 Å². The standard InChI is InChI=1S/C18H22O2/c1-18(2,3)16-5-4-6-17(11-16)20-13-15-9-7-14(12-19)8-10-15/h4-11,19H,12-13H2,1-3H3. The number of rotatable bonds is 4. The third kappa shape index (κ3) is 3.84. The van der Waals surface area contributed by atoms with E-state index < -0.39 is 0 Å². The molecule has 0 heterocycles. The van der Waals surface area contributed by atoms with Crippen molar-refractivity contribution in [2.45, 2.75) is 39.4 Å². The molecule has 0 saturated heterocycles. The van der Waals surface area contributed by atoms with E-state index in [2.05, 4.69) is 32.9 Å². The first-order chi connectivity index (χ1) is 9.49. The van der Waals surface area contributed by atoms with Crippen LogP contribution >= 0.6 is 0 Å². The second-order valence-electron chi connectivity index (χ2n) is 6.04. The van der Waals surface area contributed by atoms with Crippen LogP contribution in [0.4, 0.5) is 0 Å². The van der Waals surface area contributed by atoms with Gasteiger partial charge in [-0.1, -0.05) is 57.2 Å². The highest BCUT2D eigenvalue weighted by Gasteiger charge is 2.13. The van der Waals surface area contributed by atoms with E-state index in [0.717, 1.165) is 16.9 Å². The first-order valence-corrected chi connectivity index (χ1v) is 6.91. The summed E-state index contributed by atoms with van der Waals surface area (Å²) in [5.41, 5.74) is 3.42. The van der Waals surface area contributed by atoms with Crippen molar-refractivity contribution in [3.05, 3.63) is 65.2 Å². The van der Waals surface area contributed by atoms with Crippen LogP contribution in [-0.4, -0.2) is 5.11 Å². The Labute approximate surface area is 121 Å². The van der Waals surface area contributed by atoms with E-state index in [1.165, 1.54) is 5.56 Å². The van der Waals surface area contributed by atoms with Gasteiger partial charge in [0.2, 0.25) is 0 Å². The van der Waals surface area contributed by atoms with Crippen LogP contribution in [0.15, 0.2) is 48.5 Å². The molecule has 2 heteroatoms. The summed E-state index contributed by atoms with van der Waals surface area (Å²) in [7, 11) is 0. The lowest BCUT2D eigenvalue weighted by Gasteiger charge is -2.19. The van der Waals surface area contributed by atoms with Crippen LogP contribution in [0.1, 0.15) is 37.5 Å². The summed E-state index contributed by atoms with van der Waals surface area (Å²) in [6, 6.07) is 16.1. The monoisotopic (exact) mass is 270 g/mol. The van der Waals surface area contributed by atoms with Crippen LogP contribution < -0.4 is 4.74 Å². The fourth-order valence-electron chi connectivity index (χ4n) is 1.96. The molecule has 0 aromatic heterocycles. The summed E-state index contributed by atoms with van der Waals surface area (Å²) in [5, 5.41) is 9.01. The summed E-state index contributed by atoms with van der Waals surface area (Å²) in [4.78, 5) is 0. The quantitative estimate of drug-likeness (QED) is 0.908. The first-order valence-electron chi connectivity index (χ1n) is 6.91. The largest absolute Gasteiger partial charge is 0.489 e. The molecule has 2 nitrogen and oxygen atoms in total. The summed E-state index contributed by atoms with van der Waals surface area (Å²) >= 11 is 0. The zero-order valence-electron chi connectivity index (χ0n) is 12.4. The zero-order valence-corrected chi connectivity index (χ0v) is 12.4. The molecule has 2 rings (SSSR count). The summed E-state index contributed by atoms with van der Waals surface area (Å²) in [5.74, 6) is 0.892. The van der Waals surface area contributed by atoms with Gasteiger partial charge in [-0.3, -0.25) is 0 Å². The highest BCUT2D eigenvalue weighted by molar-refractivity contribution is 5.33. The lowest BCUT2D eigenvalue weighted by atomic mass is 9.87. The van der Waals surface area contributed by atoms with E-state index in [1.54, 1.807) is 0 Å². The average Bonchev–Trinajstić information content (AvgIpc) is 2.45. The molecular formula is C18H22O2. The van der Waals surface area contributed by atoms with Crippen molar-refractivity contribution >= 4 is 0 Å². The van der Waals surface area contributed by atoms with E-state index in [0.29, 0.717) is 6.61 Å². The SMILES string of the molecule is CC(C)(C)c1cccc(OCc2ccc(CO)cc2)c1. The fraction of sp³-hybridized carbons (Fsp3) is 0.333. The first kappa shape index (κ1) is 14.6. The fourth-order valence-corrected chi connectivity index (χ4v) is 1.96. The van der Waals surface area contributed by atoms with Gasteiger partial charge in [0.1, 0.15) is 12.4 Å². The summed E-state index contributed by atoms with van der Waals surface area (Å²) in [6.45, 7) is 7.20. The second kappa shape index (κ2) is 6.10. The Morgan fingerprint density at radius 3 is 2.20 bits per heavy atom. The second-order valence-corrected chi connectivity index (χ2v) is 6.04. The topological polar surface area (TPSA) is 29.5 Å². The van der Waals surface area contributed by atoms with Gasteiger partial charge in [0, 0.05) is 0 Å². The van der Waals surface area contributed by atoms with Gasteiger partial charge >= 0.3 is 0 Å². The molecule has 0 atom stereocenters. The molecule has 2 aromatic carbocycles. The minimum absolute atomic E-state index is 0.0781. The molecule has 20 heavy (non-hydrogen) atoms. The Bertz CT molecular complexity index is 550. The summed E-state index contributed by atoms with van der Waals surface area (Å²) < 4.78 is 5.84. The van der Waals surface area contributed by atoms with Crippen molar-refractivity contribution in [3.63, 3.8) is 0 Å². The average molecular weight is 270 g/mol. The molecule has 1 N–H and O–H groups in total. The molecule has 0 radical (unpaired) electrons. The molecule has 0 saturated carbocycles. The lowest BCUT2D eigenvalue weighted by molar-refractivity contribution is 0.281. The maximum Gasteiger partial charge on any atom is 0.120 e. The Balaban J connectivity index is 2.03. The van der Waals surface area contributed by atoms with Gasteiger partial charge in [-0.05, 0) is 34.2 Å². The zero-order chi connectivity index (χ0) is 14.6. The number of ether oxygens (including phenoxy) is 1. The van der Waals surface area contributed by atoms with Gasteiger partial charge in [-0.15, -0.1) is 0 Å². The van der Waals surface area contributed by atoms with Crippen molar-refractivity contribution in [2.75, 3.05) is 0 Å². The van der Waals surface area contributed by atoms with Crippen molar-refractivity contribution in [2.24, 2.45) is 0 Å². The number of aliphatic hydroxyl groups is 1. The van der Waals surface area contributed by atoms with Gasteiger partial charge in [-0.25, -0.2) is 0 Å². The Hall–Kier alpha value is -1.80. The molecule has 2 aromatic rings. The van der Waals surface area contributed by atoms with E-state index >= 15 is 0 Å². The predicted molar refractivity (Wildman–Crippen MR) is 81.8 cm³/mol. The van der Waals surface area contributed by atoms with Gasteiger partial charge in [0.05, 0.1) is 6.61 Å². The molecule has 106 valence electrons.